The standard InChI is InChI=1S/C62H38/c1-3-19-43-41(17-1)45-21-5-7-25-49(45)53-35-33-39(37-59(53)51-27-11-9-23-47(43)51)61-55-29-13-15-31-57(55)62(58-32-16-14-30-56(58)61)40-34-36-54-50-26-8-6-22-46(50)42-18-2-4-20-44(42)48-24-10-12-28-52(48)60(54)38-40/h1-38H. The van der Waals surface area contributed by atoms with Gasteiger partial charge in [-0.3, -0.25) is 0 Å². The van der Waals surface area contributed by atoms with Crippen LogP contribution >= 0.6 is 0 Å². The Balaban J connectivity index is 1.07. The predicted octanol–water partition coefficient (Wildman–Crippen LogP) is 17.3. The van der Waals surface area contributed by atoms with Crippen LogP contribution in [0.15, 0.2) is 231 Å². The molecule has 0 aromatic heterocycles. The van der Waals surface area contributed by atoms with Crippen LogP contribution in [0.3, 0.4) is 0 Å². The zero-order valence-corrected chi connectivity index (χ0v) is 33.9. The summed E-state index contributed by atoms with van der Waals surface area (Å²) in [6.07, 6.45) is 0. The van der Waals surface area contributed by atoms with Gasteiger partial charge in [-0.05, 0) is 145 Å². The van der Waals surface area contributed by atoms with Crippen LogP contribution in [-0.4, -0.2) is 0 Å². The first-order valence-electron chi connectivity index (χ1n) is 21.6. The first kappa shape index (κ1) is 34.8. The van der Waals surface area contributed by atoms with Gasteiger partial charge in [-0.15, -0.1) is 0 Å². The molecule has 0 amide bonds. The highest BCUT2D eigenvalue weighted by molar-refractivity contribution is 6.22. The monoisotopic (exact) mass is 782 g/mol. The highest BCUT2D eigenvalue weighted by Gasteiger charge is 2.26. The summed E-state index contributed by atoms with van der Waals surface area (Å²) in [5, 5.41) is 4.99. The van der Waals surface area contributed by atoms with Gasteiger partial charge in [-0.2, -0.15) is 0 Å². The second-order valence-corrected chi connectivity index (χ2v) is 16.6. The molecule has 62 heavy (non-hydrogen) atoms. The first-order valence-corrected chi connectivity index (χ1v) is 21.6. The van der Waals surface area contributed by atoms with Crippen molar-refractivity contribution < 1.29 is 0 Å². The molecular weight excluding hydrogens is 745 g/mol. The van der Waals surface area contributed by atoms with Crippen molar-refractivity contribution in [3.05, 3.63) is 231 Å². The van der Waals surface area contributed by atoms with E-state index >= 15 is 0 Å². The molecule has 0 bridgehead atoms. The van der Waals surface area contributed by atoms with E-state index in [9.17, 15) is 0 Å². The van der Waals surface area contributed by atoms with E-state index in [1.54, 1.807) is 0 Å². The molecule has 0 saturated carbocycles. The average molecular weight is 783 g/mol. The van der Waals surface area contributed by atoms with E-state index in [4.69, 9.17) is 0 Å². The molecule has 11 aromatic carbocycles. The van der Waals surface area contributed by atoms with Crippen molar-refractivity contribution in [3.63, 3.8) is 0 Å². The fourth-order valence-corrected chi connectivity index (χ4v) is 10.8. The lowest BCUT2D eigenvalue weighted by Crippen LogP contribution is -1.98. The molecule has 0 spiro atoms. The lowest BCUT2D eigenvalue weighted by molar-refractivity contribution is 1.52. The van der Waals surface area contributed by atoms with Gasteiger partial charge < -0.3 is 0 Å². The van der Waals surface area contributed by atoms with Gasteiger partial charge in [-0.25, -0.2) is 0 Å². The molecule has 0 heterocycles. The summed E-state index contributed by atoms with van der Waals surface area (Å²) in [6, 6.07) is 85.9. The largest absolute Gasteiger partial charge is 0.0616 e. The molecule has 11 aromatic rings. The summed E-state index contributed by atoms with van der Waals surface area (Å²) >= 11 is 0. The first-order chi connectivity index (χ1) is 30.8. The third-order valence-electron chi connectivity index (χ3n) is 13.4. The predicted molar refractivity (Wildman–Crippen MR) is 263 cm³/mol. The van der Waals surface area contributed by atoms with Gasteiger partial charge in [0.25, 0.3) is 0 Å². The second-order valence-electron chi connectivity index (χ2n) is 16.6. The van der Waals surface area contributed by atoms with Gasteiger partial charge >= 0.3 is 0 Å². The Hall–Kier alpha value is -8.06. The van der Waals surface area contributed by atoms with Crippen molar-refractivity contribution in [2.45, 2.75) is 0 Å². The van der Waals surface area contributed by atoms with E-state index in [-0.39, 0.29) is 0 Å². The average Bonchev–Trinajstić information content (AvgIpc) is 3.34. The molecular formula is C62H38. The minimum Gasteiger partial charge on any atom is -0.0616 e. The molecule has 0 unspecified atom stereocenters. The minimum absolute atomic E-state index is 1.21. The van der Waals surface area contributed by atoms with E-state index in [0.717, 1.165) is 0 Å². The van der Waals surface area contributed by atoms with E-state index in [1.165, 1.54) is 133 Å². The van der Waals surface area contributed by atoms with Gasteiger partial charge in [0.15, 0.2) is 0 Å². The molecule has 0 atom stereocenters. The molecule has 0 N–H and O–H groups in total. The van der Waals surface area contributed by atoms with E-state index in [1.807, 2.05) is 0 Å². The Kier molecular flexibility index (Phi) is 7.71. The summed E-state index contributed by atoms with van der Waals surface area (Å²) < 4.78 is 0. The zero-order valence-electron chi connectivity index (χ0n) is 33.9. The van der Waals surface area contributed by atoms with Gasteiger partial charge in [-0.1, -0.05) is 218 Å². The molecule has 0 saturated heterocycles. The molecule has 286 valence electrons. The van der Waals surface area contributed by atoms with Crippen molar-refractivity contribution in [1.29, 1.82) is 0 Å². The van der Waals surface area contributed by atoms with Gasteiger partial charge in [0, 0.05) is 0 Å². The Morgan fingerprint density at radius 1 is 0.145 bits per heavy atom. The molecule has 2 aliphatic carbocycles. The number of hydrogen-bond donors (Lipinski definition) is 0. The normalized spacial score (nSPS) is 11.9. The zero-order chi connectivity index (χ0) is 40.7. The molecule has 0 radical (unpaired) electrons. The Bertz CT molecular complexity index is 3330. The Morgan fingerprint density at radius 3 is 0.548 bits per heavy atom. The summed E-state index contributed by atoms with van der Waals surface area (Å²) in [5.74, 6) is 0. The Morgan fingerprint density at radius 2 is 0.323 bits per heavy atom. The van der Waals surface area contributed by atoms with E-state index in [2.05, 4.69) is 231 Å². The lowest BCUT2D eigenvalue weighted by Gasteiger charge is -2.25. The van der Waals surface area contributed by atoms with Crippen molar-refractivity contribution >= 4 is 21.5 Å². The van der Waals surface area contributed by atoms with Crippen molar-refractivity contribution in [2.24, 2.45) is 0 Å². The van der Waals surface area contributed by atoms with Crippen LogP contribution in [0.1, 0.15) is 0 Å². The molecule has 0 heteroatoms. The number of hydrogen-bond acceptors (Lipinski definition) is 0. The maximum Gasteiger partial charge on any atom is -0.00261 e. The molecule has 0 aliphatic heterocycles. The lowest BCUT2D eigenvalue weighted by atomic mass is 9.78. The smallest absolute Gasteiger partial charge is 0.00261 e. The summed E-state index contributed by atoms with van der Waals surface area (Å²) in [7, 11) is 0. The van der Waals surface area contributed by atoms with E-state index in [0.29, 0.717) is 0 Å². The highest BCUT2D eigenvalue weighted by Crippen LogP contribution is 2.52. The van der Waals surface area contributed by atoms with Crippen LogP contribution in [0.25, 0.3) is 133 Å². The van der Waals surface area contributed by atoms with Gasteiger partial charge in [0.05, 0.1) is 0 Å². The molecule has 0 fully saturated rings. The quantitative estimate of drug-likeness (QED) is 0.153. The molecule has 13 rings (SSSR count). The van der Waals surface area contributed by atoms with Gasteiger partial charge in [0.2, 0.25) is 0 Å². The summed E-state index contributed by atoms with van der Waals surface area (Å²) in [5.41, 5.74) is 25.1. The summed E-state index contributed by atoms with van der Waals surface area (Å²) in [6.45, 7) is 0. The minimum atomic E-state index is 1.21. The van der Waals surface area contributed by atoms with Crippen LogP contribution in [0, 0.1) is 0 Å². The maximum absolute atomic E-state index is 2.46. The number of fused-ring (bicyclic) bond motifs is 18. The maximum atomic E-state index is 2.46. The number of rotatable bonds is 2. The third kappa shape index (κ3) is 5.14. The van der Waals surface area contributed by atoms with Crippen LogP contribution in [0.4, 0.5) is 0 Å². The SMILES string of the molecule is c1ccc2c(c1)-c1ccccc1-c1ccc(-c3c4ccccc4c(-c4ccc5c(c4)-c4ccccc4-c4ccccc4-c4ccccc4-5)c4ccccc34)cc1-c1ccccc1-2. The Labute approximate surface area is 361 Å². The fraction of sp³-hybridized carbons (Fsp3) is 0. The van der Waals surface area contributed by atoms with Crippen LogP contribution in [0.5, 0.6) is 0 Å². The van der Waals surface area contributed by atoms with Crippen LogP contribution in [-0.2, 0) is 0 Å². The summed E-state index contributed by atoms with van der Waals surface area (Å²) in [4.78, 5) is 0. The fourth-order valence-electron chi connectivity index (χ4n) is 10.8. The van der Waals surface area contributed by atoms with Crippen molar-refractivity contribution in [1.82, 2.24) is 0 Å². The van der Waals surface area contributed by atoms with Crippen molar-refractivity contribution in [3.8, 4) is 111 Å². The topological polar surface area (TPSA) is 0 Å². The van der Waals surface area contributed by atoms with E-state index < -0.39 is 0 Å². The highest BCUT2D eigenvalue weighted by atomic mass is 14.3. The molecule has 2 aliphatic rings. The van der Waals surface area contributed by atoms with Crippen LogP contribution < -0.4 is 0 Å². The number of benzene rings is 11. The van der Waals surface area contributed by atoms with Crippen molar-refractivity contribution in [2.75, 3.05) is 0 Å². The molecule has 0 nitrogen and oxygen atoms in total. The van der Waals surface area contributed by atoms with Gasteiger partial charge in [0.1, 0.15) is 0 Å². The second kappa shape index (κ2) is 13.7. The third-order valence-corrected chi connectivity index (χ3v) is 13.4. The van der Waals surface area contributed by atoms with Crippen LogP contribution in [0.2, 0.25) is 0 Å².